The summed E-state index contributed by atoms with van der Waals surface area (Å²) in [5.41, 5.74) is 2.20. The second kappa shape index (κ2) is 10.5. The Hall–Kier alpha value is -3.97. The number of para-hydroxylation sites is 1. The van der Waals surface area contributed by atoms with E-state index < -0.39 is 17.6 Å². The number of carbonyl (C=O) groups is 3. The quantitative estimate of drug-likeness (QED) is 0.387. The summed E-state index contributed by atoms with van der Waals surface area (Å²) in [5, 5.41) is 5.29. The van der Waals surface area contributed by atoms with Crippen LogP contribution in [0, 0.1) is 5.82 Å². The number of nitrogens with zero attached hydrogens (tertiary/aromatic N) is 1. The number of rotatable bonds is 8. The maximum atomic E-state index is 14.2. The highest BCUT2D eigenvalue weighted by atomic mass is 35.5. The Balaban J connectivity index is 1.48. The van der Waals surface area contributed by atoms with Crippen LogP contribution in [-0.2, 0) is 16.0 Å². The summed E-state index contributed by atoms with van der Waals surface area (Å²) >= 11 is 6.13. The van der Waals surface area contributed by atoms with Gasteiger partial charge in [0.1, 0.15) is 16.5 Å². The first-order valence-electron chi connectivity index (χ1n) is 11.2. The van der Waals surface area contributed by atoms with E-state index in [0.717, 1.165) is 25.3 Å². The van der Waals surface area contributed by atoms with Gasteiger partial charge in [-0.05, 0) is 60.9 Å². The van der Waals surface area contributed by atoms with Crippen LogP contribution in [0.3, 0.4) is 0 Å². The first kappa shape index (κ1) is 24.2. The number of anilines is 3. The van der Waals surface area contributed by atoms with Crippen molar-refractivity contribution in [2.24, 2.45) is 0 Å². The normalized spacial score (nSPS) is 13.4. The van der Waals surface area contributed by atoms with Gasteiger partial charge in [0.2, 0.25) is 0 Å². The molecule has 3 amide bonds. The van der Waals surface area contributed by atoms with Crippen LogP contribution in [0.5, 0.6) is 0 Å². The molecule has 35 heavy (non-hydrogen) atoms. The third kappa shape index (κ3) is 5.25. The number of amides is 3. The molecule has 3 aromatic rings. The summed E-state index contributed by atoms with van der Waals surface area (Å²) in [6.07, 6.45) is 3.22. The molecule has 0 fully saturated rings. The number of carbonyl (C=O) groups excluding carboxylic acids is 3. The minimum Gasteiger partial charge on any atom is -0.350 e. The van der Waals surface area contributed by atoms with Crippen LogP contribution in [0.2, 0.25) is 0 Å². The van der Waals surface area contributed by atoms with Gasteiger partial charge in [-0.15, -0.1) is 0 Å². The molecular weight excluding hydrogens is 469 g/mol. The second-order valence-electron chi connectivity index (χ2n) is 8.05. The third-order valence-corrected chi connectivity index (χ3v) is 5.90. The molecule has 0 bridgehead atoms. The van der Waals surface area contributed by atoms with E-state index in [2.05, 4.69) is 17.6 Å². The Kier molecular flexibility index (Phi) is 7.27. The highest BCUT2D eigenvalue weighted by Crippen LogP contribution is 2.31. The van der Waals surface area contributed by atoms with Gasteiger partial charge in [-0.3, -0.25) is 14.4 Å². The Morgan fingerprint density at radius 1 is 0.943 bits per heavy atom. The molecule has 1 heterocycles. The topological polar surface area (TPSA) is 78.5 Å². The summed E-state index contributed by atoms with van der Waals surface area (Å²) in [5.74, 6) is -2.68. The molecule has 2 N–H and O–H groups in total. The van der Waals surface area contributed by atoms with Crippen molar-refractivity contribution in [1.29, 1.82) is 0 Å². The molecule has 178 valence electrons. The van der Waals surface area contributed by atoms with Crippen LogP contribution in [-0.4, -0.2) is 17.7 Å². The SMILES string of the molecule is CCCCc1ccc(NC(=O)c2cccc(NC3=C(Cl)C(=O)N(c4ccccc4F)C3=O)c2)cc1. The number of unbranched alkanes of at least 4 members (excludes halogenated alkanes) is 1. The third-order valence-electron chi connectivity index (χ3n) is 5.55. The number of aryl methyl sites for hydroxylation is 1. The van der Waals surface area contributed by atoms with E-state index in [0.29, 0.717) is 21.8 Å². The van der Waals surface area contributed by atoms with Crippen LogP contribution in [0.4, 0.5) is 21.5 Å². The van der Waals surface area contributed by atoms with Crippen molar-refractivity contribution in [3.63, 3.8) is 0 Å². The average molecular weight is 492 g/mol. The molecular formula is C27H23ClFN3O3. The first-order valence-corrected chi connectivity index (χ1v) is 11.6. The molecule has 1 aliphatic heterocycles. The Morgan fingerprint density at radius 3 is 2.40 bits per heavy atom. The van der Waals surface area contributed by atoms with Crippen LogP contribution in [0.1, 0.15) is 35.7 Å². The van der Waals surface area contributed by atoms with Crippen molar-refractivity contribution < 1.29 is 18.8 Å². The molecule has 3 aromatic carbocycles. The smallest absolute Gasteiger partial charge is 0.283 e. The molecule has 0 spiro atoms. The maximum absolute atomic E-state index is 14.2. The van der Waals surface area contributed by atoms with Crippen LogP contribution in [0.15, 0.2) is 83.5 Å². The molecule has 6 nitrogen and oxygen atoms in total. The van der Waals surface area contributed by atoms with Crippen molar-refractivity contribution in [3.8, 4) is 0 Å². The predicted octanol–water partition coefficient (Wildman–Crippen LogP) is 5.86. The minimum absolute atomic E-state index is 0.189. The van der Waals surface area contributed by atoms with Crippen LogP contribution >= 0.6 is 11.6 Å². The van der Waals surface area contributed by atoms with Crippen molar-refractivity contribution >= 4 is 46.4 Å². The number of hydrogen-bond acceptors (Lipinski definition) is 4. The zero-order chi connectivity index (χ0) is 24.9. The molecule has 0 atom stereocenters. The number of nitrogens with one attached hydrogen (secondary N) is 2. The summed E-state index contributed by atoms with van der Waals surface area (Å²) in [6, 6.07) is 19.5. The largest absolute Gasteiger partial charge is 0.350 e. The van der Waals surface area contributed by atoms with Gasteiger partial charge in [-0.1, -0.05) is 55.3 Å². The first-order chi connectivity index (χ1) is 16.9. The Labute approximate surface area is 207 Å². The lowest BCUT2D eigenvalue weighted by Gasteiger charge is -2.15. The van der Waals surface area contributed by atoms with E-state index in [9.17, 15) is 18.8 Å². The lowest BCUT2D eigenvalue weighted by atomic mass is 10.1. The fourth-order valence-corrected chi connectivity index (χ4v) is 3.90. The van der Waals surface area contributed by atoms with Gasteiger partial charge in [0.25, 0.3) is 17.7 Å². The molecule has 1 aliphatic rings. The summed E-state index contributed by atoms with van der Waals surface area (Å²) < 4.78 is 14.2. The molecule has 0 radical (unpaired) electrons. The van der Waals surface area contributed by atoms with E-state index in [-0.39, 0.29) is 22.3 Å². The minimum atomic E-state index is -0.833. The molecule has 8 heteroatoms. The van der Waals surface area contributed by atoms with Gasteiger partial charge in [-0.2, -0.15) is 0 Å². The zero-order valence-corrected chi connectivity index (χ0v) is 19.7. The summed E-state index contributed by atoms with van der Waals surface area (Å²) in [7, 11) is 0. The zero-order valence-electron chi connectivity index (χ0n) is 19.0. The molecule has 0 saturated heterocycles. The van der Waals surface area contributed by atoms with E-state index in [1.807, 2.05) is 24.3 Å². The summed E-state index contributed by atoms with van der Waals surface area (Å²) in [6.45, 7) is 2.14. The fraction of sp³-hybridized carbons (Fsp3) is 0.148. The molecule has 0 unspecified atom stereocenters. The van der Waals surface area contributed by atoms with E-state index in [4.69, 9.17) is 11.6 Å². The highest BCUT2D eigenvalue weighted by Gasteiger charge is 2.40. The van der Waals surface area contributed by atoms with E-state index in [1.54, 1.807) is 18.2 Å². The molecule has 4 rings (SSSR count). The Bertz CT molecular complexity index is 1320. The highest BCUT2D eigenvalue weighted by molar-refractivity contribution is 6.53. The van der Waals surface area contributed by atoms with Gasteiger partial charge in [0.05, 0.1) is 5.69 Å². The van der Waals surface area contributed by atoms with Crippen molar-refractivity contribution in [1.82, 2.24) is 0 Å². The standard InChI is InChI=1S/C27H23ClFN3O3/c1-2-3-7-17-12-14-19(15-13-17)31-25(33)18-8-6-9-20(16-18)30-24-23(28)26(34)32(27(24)35)22-11-5-4-10-21(22)29/h4-6,8-16,30H,2-3,7H2,1H3,(H,31,33). The number of hydrogen-bond donors (Lipinski definition) is 2. The van der Waals surface area contributed by atoms with Gasteiger partial charge < -0.3 is 10.6 Å². The van der Waals surface area contributed by atoms with E-state index >= 15 is 0 Å². The molecule has 0 aliphatic carbocycles. The number of halogens is 2. The predicted molar refractivity (Wildman–Crippen MR) is 135 cm³/mol. The second-order valence-corrected chi connectivity index (χ2v) is 8.42. The van der Waals surface area contributed by atoms with Crippen LogP contribution in [0.25, 0.3) is 0 Å². The fourth-order valence-electron chi connectivity index (χ4n) is 3.68. The van der Waals surface area contributed by atoms with Crippen molar-refractivity contribution in [3.05, 3.63) is 100 Å². The average Bonchev–Trinajstić information content (AvgIpc) is 3.07. The van der Waals surface area contributed by atoms with E-state index in [1.165, 1.54) is 29.8 Å². The van der Waals surface area contributed by atoms with Gasteiger partial charge in [0, 0.05) is 16.9 Å². The van der Waals surface area contributed by atoms with Gasteiger partial charge in [-0.25, -0.2) is 9.29 Å². The van der Waals surface area contributed by atoms with Gasteiger partial charge >= 0.3 is 0 Å². The summed E-state index contributed by atoms with van der Waals surface area (Å²) in [4.78, 5) is 38.9. The lowest BCUT2D eigenvalue weighted by Crippen LogP contribution is -2.33. The lowest BCUT2D eigenvalue weighted by molar-refractivity contribution is -0.120. The van der Waals surface area contributed by atoms with Crippen molar-refractivity contribution in [2.45, 2.75) is 26.2 Å². The molecule has 0 saturated carbocycles. The van der Waals surface area contributed by atoms with Crippen LogP contribution < -0.4 is 15.5 Å². The van der Waals surface area contributed by atoms with Gasteiger partial charge in [0.15, 0.2) is 0 Å². The number of imide groups is 1. The monoisotopic (exact) mass is 491 g/mol. The number of benzene rings is 3. The molecule has 0 aromatic heterocycles. The Morgan fingerprint density at radius 2 is 1.69 bits per heavy atom. The maximum Gasteiger partial charge on any atom is 0.283 e. The van der Waals surface area contributed by atoms with Crippen molar-refractivity contribution in [2.75, 3.05) is 15.5 Å².